The number of ether oxygens (including phenoxy) is 1. The monoisotopic (exact) mass is 247 g/mol. The highest BCUT2D eigenvalue weighted by molar-refractivity contribution is 7.63. The van der Waals surface area contributed by atoms with E-state index in [9.17, 15) is 9.36 Å². The zero-order chi connectivity index (χ0) is 12.6. The lowest BCUT2D eigenvalue weighted by Crippen LogP contribution is -2.37. The van der Waals surface area contributed by atoms with Crippen molar-refractivity contribution in [3.63, 3.8) is 0 Å². The first-order valence-electron chi connectivity index (χ1n) is 5.60. The molecular formula is C11H22NO3P. The maximum atomic E-state index is 11.9. The molecule has 1 rings (SSSR count). The lowest BCUT2D eigenvalue weighted by Gasteiger charge is -2.22. The molecule has 0 spiro atoms. The van der Waals surface area contributed by atoms with E-state index >= 15 is 0 Å². The molecule has 0 radical (unpaired) electrons. The maximum absolute atomic E-state index is 11.9. The molecule has 1 saturated heterocycles. The van der Waals surface area contributed by atoms with Crippen molar-refractivity contribution in [3.8, 4) is 0 Å². The van der Waals surface area contributed by atoms with E-state index in [2.05, 4.69) is 5.32 Å². The second kappa shape index (κ2) is 4.50. The van der Waals surface area contributed by atoms with Gasteiger partial charge in [0.2, 0.25) is 0 Å². The summed E-state index contributed by atoms with van der Waals surface area (Å²) >= 11 is 0. The fourth-order valence-electron chi connectivity index (χ4n) is 1.74. The van der Waals surface area contributed by atoms with Gasteiger partial charge in [-0.3, -0.25) is 4.79 Å². The molecule has 5 heteroatoms. The van der Waals surface area contributed by atoms with Crippen molar-refractivity contribution in [3.05, 3.63) is 0 Å². The minimum atomic E-state index is -2.11. The first kappa shape index (κ1) is 13.7. The van der Waals surface area contributed by atoms with E-state index in [0.29, 0.717) is 13.0 Å². The summed E-state index contributed by atoms with van der Waals surface area (Å²) in [6, 6.07) is -0.294. The van der Waals surface area contributed by atoms with E-state index in [1.165, 1.54) is 0 Å². The molecule has 94 valence electrons. The van der Waals surface area contributed by atoms with Crippen LogP contribution in [-0.4, -0.2) is 43.1 Å². The summed E-state index contributed by atoms with van der Waals surface area (Å²) in [5.74, 6) is -0.233. The van der Waals surface area contributed by atoms with Gasteiger partial charge in [-0.2, -0.15) is 0 Å². The molecule has 0 aromatic rings. The molecule has 1 N–H and O–H groups in total. The molecule has 0 aliphatic carbocycles. The van der Waals surface area contributed by atoms with Crippen molar-refractivity contribution in [2.45, 2.75) is 44.5 Å². The molecule has 0 bridgehead atoms. The van der Waals surface area contributed by atoms with E-state index in [0.717, 1.165) is 0 Å². The van der Waals surface area contributed by atoms with Crippen molar-refractivity contribution in [1.29, 1.82) is 0 Å². The summed E-state index contributed by atoms with van der Waals surface area (Å²) in [4.78, 5) is 11.8. The average Bonchev–Trinajstić information content (AvgIpc) is 2.46. The van der Waals surface area contributed by atoms with Crippen molar-refractivity contribution in [2.24, 2.45) is 0 Å². The van der Waals surface area contributed by atoms with Gasteiger partial charge >= 0.3 is 5.97 Å². The minimum absolute atomic E-state index is 0.102. The number of hydrogen-bond donors (Lipinski definition) is 1. The third kappa shape index (κ3) is 3.91. The minimum Gasteiger partial charge on any atom is -0.459 e. The van der Waals surface area contributed by atoms with Crippen molar-refractivity contribution in [2.75, 3.05) is 19.9 Å². The summed E-state index contributed by atoms with van der Waals surface area (Å²) in [6.45, 7) is 9.74. The fraction of sp³-hybridized carbons (Fsp3) is 0.909. The van der Waals surface area contributed by atoms with Gasteiger partial charge in [0.1, 0.15) is 11.6 Å². The third-order valence-corrected chi connectivity index (χ3v) is 4.83. The topological polar surface area (TPSA) is 55.4 Å². The Morgan fingerprint density at radius 1 is 1.38 bits per heavy atom. The van der Waals surface area contributed by atoms with Crippen LogP contribution < -0.4 is 5.32 Å². The average molecular weight is 247 g/mol. The number of carbonyl (C=O) groups is 1. The highest BCUT2D eigenvalue weighted by Gasteiger charge is 2.37. The van der Waals surface area contributed by atoms with Gasteiger partial charge in [-0.1, -0.05) is 0 Å². The molecule has 4 nitrogen and oxygen atoms in total. The Kier molecular flexibility index (Phi) is 3.86. The summed E-state index contributed by atoms with van der Waals surface area (Å²) < 4.78 is 17.2. The zero-order valence-electron chi connectivity index (χ0n) is 10.7. The molecule has 0 saturated carbocycles. The molecule has 2 atom stereocenters. The van der Waals surface area contributed by atoms with E-state index in [1.807, 2.05) is 20.8 Å². The summed E-state index contributed by atoms with van der Waals surface area (Å²) in [5, 5.41) is 3.09. The lowest BCUT2D eigenvalue weighted by molar-refractivity contribution is -0.156. The van der Waals surface area contributed by atoms with Crippen LogP contribution in [0.25, 0.3) is 0 Å². The van der Waals surface area contributed by atoms with Crippen LogP contribution in [0.2, 0.25) is 0 Å². The van der Waals surface area contributed by atoms with Gasteiger partial charge < -0.3 is 14.6 Å². The van der Waals surface area contributed by atoms with Gasteiger partial charge in [0.05, 0.1) is 7.14 Å². The Bertz CT molecular complexity index is 316. The van der Waals surface area contributed by atoms with Gasteiger partial charge in [0, 0.05) is 12.2 Å². The molecule has 0 unspecified atom stereocenters. The second-order valence-electron chi connectivity index (χ2n) is 5.82. The summed E-state index contributed by atoms with van der Waals surface area (Å²) in [5.41, 5.74) is -0.357. The smallest absolute Gasteiger partial charge is 0.323 e. The van der Waals surface area contributed by atoms with Crippen LogP contribution in [0.1, 0.15) is 27.2 Å². The molecule has 1 fully saturated rings. The van der Waals surface area contributed by atoms with Crippen LogP contribution in [-0.2, 0) is 14.1 Å². The Labute approximate surface area is 97.5 Å². The van der Waals surface area contributed by atoms with Gasteiger partial charge in [-0.05, 0) is 40.5 Å². The standard InChI is InChI=1S/C11H22NO3P/c1-11(2,3)15-10(13)9-6-8(7-12-9)16(4,5)14/h8-9,12H,6-7H2,1-5H3/t8-,9-/m0/s1. The largest absolute Gasteiger partial charge is 0.459 e. The van der Waals surface area contributed by atoms with Crippen LogP contribution in [0.5, 0.6) is 0 Å². The second-order valence-corrected chi connectivity index (χ2v) is 9.42. The molecular weight excluding hydrogens is 225 g/mol. The van der Waals surface area contributed by atoms with Crippen molar-refractivity contribution >= 4 is 13.1 Å². The zero-order valence-corrected chi connectivity index (χ0v) is 11.6. The predicted octanol–water partition coefficient (Wildman–Crippen LogP) is 1.68. The Morgan fingerprint density at radius 3 is 2.31 bits per heavy atom. The van der Waals surface area contributed by atoms with Gasteiger partial charge in [0.25, 0.3) is 0 Å². The van der Waals surface area contributed by atoms with E-state index in [4.69, 9.17) is 4.74 Å². The predicted molar refractivity (Wildman–Crippen MR) is 65.5 cm³/mol. The quantitative estimate of drug-likeness (QED) is 0.596. The van der Waals surface area contributed by atoms with Crippen LogP contribution >= 0.6 is 7.14 Å². The van der Waals surface area contributed by atoms with Crippen LogP contribution in [0.3, 0.4) is 0 Å². The van der Waals surface area contributed by atoms with Gasteiger partial charge in [0.15, 0.2) is 0 Å². The van der Waals surface area contributed by atoms with Gasteiger partial charge in [-0.25, -0.2) is 0 Å². The van der Waals surface area contributed by atoms with Crippen LogP contribution in [0.15, 0.2) is 0 Å². The highest BCUT2D eigenvalue weighted by Crippen LogP contribution is 2.46. The summed E-state index contributed by atoms with van der Waals surface area (Å²) in [7, 11) is -2.11. The fourth-order valence-corrected chi connectivity index (χ4v) is 3.01. The highest BCUT2D eigenvalue weighted by atomic mass is 31.2. The molecule has 1 heterocycles. The number of hydrogen-bond acceptors (Lipinski definition) is 4. The first-order chi connectivity index (χ1) is 7.09. The number of carbonyl (C=O) groups excluding carboxylic acids is 1. The molecule has 16 heavy (non-hydrogen) atoms. The van der Waals surface area contributed by atoms with Crippen LogP contribution in [0.4, 0.5) is 0 Å². The number of nitrogens with one attached hydrogen (secondary N) is 1. The number of esters is 1. The van der Waals surface area contributed by atoms with Crippen LogP contribution in [0, 0.1) is 0 Å². The summed E-state index contributed by atoms with van der Waals surface area (Å²) in [6.07, 6.45) is 0.624. The Balaban J connectivity index is 2.54. The van der Waals surface area contributed by atoms with E-state index < -0.39 is 12.7 Å². The SMILES string of the molecule is CC(C)(C)OC(=O)[C@@H]1C[C@H](P(C)(C)=O)CN1. The number of rotatable bonds is 2. The maximum Gasteiger partial charge on any atom is 0.323 e. The molecule has 0 aromatic heterocycles. The third-order valence-electron chi connectivity index (χ3n) is 2.68. The molecule has 0 amide bonds. The molecule has 1 aliphatic rings. The van der Waals surface area contributed by atoms with E-state index in [1.54, 1.807) is 13.3 Å². The van der Waals surface area contributed by atoms with Gasteiger partial charge in [-0.15, -0.1) is 0 Å². The Morgan fingerprint density at radius 2 is 1.94 bits per heavy atom. The van der Waals surface area contributed by atoms with E-state index in [-0.39, 0.29) is 17.7 Å². The first-order valence-corrected chi connectivity index (χ1v) is 8.27. The molecule has 0 aromatic carbocycles. The normalized spacial score (nSPS) is 26.8. The van der Waals surface area contributed by atoms with Crippen molar-refractivity contribution in [1.82, 2.24) is 5.32 Å². The Hall–Kier alpha value is -0.340. The lowest BCUT2D eigenvalue weighted by atomic mass is 10.2. The molecule has 1 aliphatic heterocycles. The van der Waals surface area contributed by atoms with Crippen molar-refractivity contribution < 1.29 is 14.1 Å².